The van der Waals surface area contributed by atoms with Crippen LogP contribution in [-0.2, 0) is 0 Å². The summed E-state index contributed by atoms with van der Waals surface area (Å²) >= 11 is 0. The molecule has 5 aliphatic rings. The van der Waals surface area contributed by atoms with Crippen molar-refractivity contribution < 1.29 is 8.97 Å². The Hall–Kier alpha value is -0.340. The molecule has 4 atom stereocenters. The van der Waals surface area contributed by atoms with E-state index in [-0.39, 0.29) is 0 Å². The van der Waals surface area contributed by atoms with Crippen LogP contribution in [0.5, 0.6) is 0 Å². The molecule has 2 nitrogen and oxygen atoms in total. The second-order valence-corrected chi connectivity index (χ2v) is 8.87. The Bertz CT molecular complexity index is 390. The SMILES string of the molecule is C[13CH2][N+]1([13CH2]C)CC2C3C=CC(C2C1)C1C[N+]([13CH2]C)([13CH2]C)CC31. The molecule has 5 rings (SSSR count). The van der Waals surface area contributed by atoms with Crippen molar-refractivity contribution in [2.24, 2.45) is 35.5 Å². The smallest absolute Gasteiger partial charge is 0.0826 e. The van der Waals surface area contributed by atoms with Gasteiger partial charge in [0.2, 0.25) is 0 Å². The Kier molecular flexibility index (Phi) is 3.51. The number of nitrogens with zero attached hydrogens (tertiary/aromatic N) is 2. The van der Waals surface area contributed by atoms with Crippen LogP contribution >= 0.6 is 0 Å². The van der Waals surface area contributed by atoms with Crippen LogP contribution in [0, 0.1) is 35.5 Å². The number of hydrogen-bond acceptors (Lipinski definition) is 0. The van der Waals surface area contributed by atoms with Crippen molar-refractivity contribution in [3.8, 4) is 0 Å². The van der Waals surface area contributed by atoms with Gasteiger partial charge in [-0.25, -0.2) is 0 Å². The van der Waals surface area contributed by atoms with Crippen molar-refractivity contribution in [1.29, 1.82) is 0 Å². The summed E-state index contributed by atoms with van der Waals surface area (Å²) < 4.78 is 2.82. The average Bonchev–Trinajstić information content (AvgIpc) is 3.16. The second kappa shape index (κ2) is 5.08. The van der Waals surface area contributed by atoms with Gasteiger partial charge in [-0.3, -0.25) is 0 Å². The minimum Gasteiger partial charge on any atom is -0.324 e. The first-order valence-electron chi connectivity index (χ1n) is 9.99. The number of hydrogen-bond donors (Lipinski definition) is 0. The third-order valence-corrected chi connectivity index (χ3v) is 8.71. The zero-order valence-corrected chi connectivity index (χ0v) is 15.2. The number of rotatable bonds is 4. The first-order valence-corrected chi connectivity index (χ1v) is 9.99. The molecule has 2 heterocycles. The second-order valence-electron chi connectivity index (χ2n) is 8.87. The molecule has 0 aromatic heterocycles. The highest BCUT2D eigenvalue weighted by Crippen LogP contribution is 2.58. The maximum Gasteiger partial charge on any atom is 0.0826 e. The van der Waals surface area contributed by atoms with E-state index in [1.165, 1.54) is 61.3 Å². The molecular weight excluding hydrogens is 272 g/mol. The van der Waals surface area contributed by atoms with Crippen LogP contribution in [0.3, 0.4) is 0 Å². The van der Waals surface area contributed by atoms with Crippen LogP contribution in [0.2, 0.25) is 0 Å². The molecule has 0 amide bonds. The highest BCUT2D eigenvalue weighted by Gasteiger charge is 2.63. The Morgan fingerprint density at radius 3 is 1.09 bits per heavy atom. The molecule has 124 valence electrons. The standard InChI is InChI=1S/C20H36N2/c1-5-21(6-2)11-17-15-9-10-16(18(17)12-21)20-14-22(7-3,8-4)13-19(15)20/h9-10,15-20H,5-8,11-14H2,1-4H3/q+2/i5+1,6+1,7+1,8+1. The lowest BCUT2D eigenvalue weighted by Gasteiger charge is -2.45. The van der Waals surface area contributed by atoms with Crippen molar-refractivity contribution >= 4 is 0 Å². The van der Waals surface area contributed by atoms with E-state index >= 15 is 0 Å². The Morgan fingerprint density at radius 2 is 0.864 bits per heavy atom. The highest BCUT2D eigenvalue weighted by molar-refractivity contribution is 5.17. The normalized spacial score (nSPS) is 46.7. The lowest BCUT2D eigenvalue weighted by Crippen LogP contribution is -2.47. The summed E-state index contributed by atoms with van der Waals surface area (Å²) in [7, 11) is 0. The van der Waals surface area contributed by atoms with E-state index in [1.54, 1.807) is 0 Å². The van der Waals surface area contributed by atoms with E-state index in [0.29, 0.717) is 0 Å². The fraction of sp³-hybridized carbons (Fsp3) is 0.900. The molecule has 2 bridgehead atoms. The molecule has 4 unspecified atom stereocenters. The van der Waals surface area contributed by atoms with Crippen molar-refractivity contribution in [3.05, 3.63) is 12.2 Å². The molecule has 2 heteroatoms. The van der Waals surface area contributed by atoms with Crippen LogP contribution in [0.15, 0.2) is 12.2 Å². The summed E-state index contributed by atoms with van der Waals surface area (Å²) in [6.07, 6.45) is 5.34. The Balaban J connectivity index is 1.63. The molecule has 0 aromatic rings. The van der Waals surface area contributed by atoms with E-state index in [2.05, 4.69) is 39.8 Å². The molecule has 0 aromatic carbocycles. The van der Waals surface area contributed by atoms with Crippen LogP contribution < -0.4 is 0 Å². The maximum absolute atomic E-state index is 2.67. The third kappa shape index (κ3) is 1.86. The molecule has 2 saturated heterocycles. The van der Waals surface area contributed by atoms with Crippen LogP contribution in [-0.4, -0.2) is 61.3 Å². The minimum absolute atomic E-state index is 0.913. The summed E-state index contributed by atoms with van der Waals surface area (Å²) in [5.41, 5.74) is 0. The summed E-state index contributed by atoms with van der Waals surface area (Å²) in [6.45, 7) is 21.0. The molecule has 0 radical (unpaired) electrons. The van der Waals surface area contributed by atoms with Gasteiger partial charge in [-0.15, -0.1) is 0 Å². The molecule has 2 aliphatic heterocycles. The minimum atomic E-state index is 0.913. The average molecular weight is 308 g/mol. The summed E-state index contributed by atoms with van der Waals surface area (Å²) in [4.78, 5) is 0. The lowest BCUT2D eigenvalue weighted by atomic mass is 9.55. The van der Waals surface area contributed by atoms with Crippen molar-refractivity contribution in [1.82, 2.24) is 0 Å². The predicted molar refractivity (Wildman–Crippen MR) is 92.2 cm³/mol. The van der Waals surface area contributed by atoms with Gasteiger partial charge in [0.25, 0.3) is 0 Å². The van der Waals surface area contributed by atoms with Gasteiger partial charge in [-0.1, -0.05) is 12.2 Å². The van der Waals surface area contributed by atoms with Crippen molar-refractivity contribution in [3.63, 3.8) is 0 Å². The third-order valence-electron chi connectivity index (χ3n) is 8.71. The van der Waals surface area contributed by atoms with Gasteiger partial charge in [-0.05, 0) is 39.5 Å². The van der Waals surface area contributed by atoms with E-state index in [9.17, 15) is 0 Å². The molecule has 0 spiro atoms. The van der Waals surface area contributed by atoms with Gasteiger partial charge in [-0.2, -0.15) is 0 Å². The molecule has 0 N–H and O–H groups in total. The molecule has 3 fully saturated rings. The van der Waals surface area contributed by atoms with E-state index in [0.717, 1.165) is 35.5 Å². The fourth-order valence-electron chi connectivity index (χ4n) is 7.05. The van der Waals surface area contributed by atoms with Crippen LogP contribution in [0.25, 0.3) is 0 Å². The van der Waals surface area contributed by atoms with E-state index < -0.39 is 0 Å². The molecule has 1 saturated carbocycles. The number of likely N-dealkylation sites (tertiary alicyclic amines) is 2. The van der Waals surface area contributed by atoms with Gasteiger partial charge in [0.05, 0.1) is 52.4 Å². The van der Waals surface area contributed by atoms with E-state index in [4.69, 9.17) is 0 Å². The van der Waals surface area contributed by atoms with Crippen LogP contribution in [0.4, 0.5) is 0 Å². The summed E-state index contributed by atoms with van der Waals surface area (Å²) in [5.74, 6) is 5.84. The monoisotopic (exact) mass is 308 g/mol. The van der Waals surface area contributed by atoms with E-state index in [1.807, 2.05) is 0 Å². The largest absolute Gasteiger partial charge is 0.324 e. The predicted octanol–water partition coefficient (Wildman–Crippen LogP) is 3.01. The molecule has 22 heavy (non-hydrogen) atoms. The highest BCUT2D eigenvalue weighted by atomic mass is 15.6. The molecular formula is C20H36N2+2. The van der Waals surface area contributed by atoms with Crippen molar-refractivity contribution in [2.45, 2.75) is 27.7 Å². The quantitative estimate of drug-likeness (QED) is 0.425. The van der Waals surface area contributed by atoms with Crippen LogP contribution in [0.1, 0.15) is 27.7 Å². The maximum atomic E-state index is 2.67. The van der Waals surface area contributed by atoms with Crippen molar-refractivity contribution in [2.75, 3.05) is 52.4 Å². The zero-order chi connectivity index (χ0) is 15.5. The summed E-state index contributed by atoms with van der Waals surface area (Å²) in [6, 6.07) is 0. The Morgan fingerprint density at radius 1 is 0.591 bits per heavy atom. The van der Waals surface area contributed by atoms with Gasteiger partial charge >= 0.3 is 0 Å². The van der Waals surface area contributed by atoms with Gasteiger partial charge in [0.15, 0.2) is 0 Å². The van der Waals surface area contributed by atoms with Gasteiger partial charge < -0.3 is 8.97 Å². The fourth-order valence-corrected chi connectivity index (χ4v) is 7.05. The molecule has 3 aliphatic carbocycles. The number of quaternary nitrogens is 2. The summed E-state index contributed by atoms with van der Waals surface area (Å²) in [5, 5.41) is 0. The first-order chi connectivity index (χ1) is 10.6. The topological polar surface area (TPSA) is 0 Å². The zero-order valence-electron chi connectivity index (χ0n) is 15.2. The van der Waals surface area contributed by atoms with Gasteiger partial charge in [0.1, 0.15) is 0 Å². The Labute approximate surface area is 137 Å². The lowest BCUT2D eigenvalue weighted by molar-refractivity contribution is -0.918. The van der Waals surface area contributed by atoms with Gasteiger partial charge in [0, 0.05) is 23.7 Å². The first kappa shape index (κ1) is 15.2. The number of allylic oxidation sites excluding steroid dienone is 2.